The molecular formula is C10H21NO4. The van der Waals surface area contributed by atoms with Gasteiger partial charge in [0.25, 0.3) is 0 Å². The second-order valence-electron chi connectivity index (χ2n) is 3.21. The third kappa shape index (κ3) is 9.65. The van der Waals surface area contributed by atoms with Gasteiger partial charge in [-0.15, -0.1) is 0 Å². The monoisotopic (exact) mass is 219 g/mol. The second kappa shape index (κ2) is 9.89. The first kappa shape index (κ1) is 14.3. The average molecular weight is 219 g/mol. The van der Waals surface area contributed by atoms with E-state index in [2.05, 4.69) is 12.2 Å². The second-order valence-corrected chi connectivity index (χ2v) is 3.21. The zero-order valence-electron chi connectivity index (χ0n) is 9.49. The van der Waals surface area contributed by atoms with Gasteiger partial charge in [-0.05, 0) is 19.9 Å². The third-order valence-corrected chi connectivity index (χ3v) is 1.79. The SMILES string of the molecule is CCCNCCOCCOC(C)C(=O)O. The Hall–Kier alpha value is -0.650. The van der Waals surface area contributed by atoms with Crippen molar-refractivity contribution in [2.75, 3.05) is 32.9 Å². The first-order valence-electron chi connectivity index (χ1n) is 5.31. The lowest BCUT2D eigenvalue weighted by atomic mass is 10.4. The fourth-order valence-electron chi connectivity index (χ4n) is 0.903. The largest absolute Gasteiger partial charge is 0.479 e. The van der Waals surface area contributed by atoms with Gasteiger partial charge in [0.1, 0.15) is 0 Å². The summed E-state index contributed by atoms with van der Waals surface area (Å²) >= 11 is 0. The number of nitrogens with one attached hydrogen (secondary N) is 1. The van der Waals surface area contributed by atoms with Crippen LogP contribution in [-0.2, 0) is 14.3 Å². The molecule has 0 aromatic rings. The van der Waals surface area contributed by atoms with Crippen LogP contribution in [0.1, 0.15) is 20.3 Å². The number of hydrogen-bond acceptors (Lipinski definition) is 4. The van der Waals surface area contributed by atoms with E-state index in [4.69, 9.17) is 14.6 Å². The lowest BCUT2D eigenvalue weighted by molar-refractivity contribution is -0.149. The van der Waals surface area contributed by atoms with Crippen molar-refractivity contribution in [3.05, 3.63) is 0 Å². The summed E-state index contributed by atoms with van der Waals surface area (Å²) in [5.41, 5.74) is 0. The van der Waals surface area contributed by atoms with E-state index in [1.54, 1.807) is 0 Å². The highest BCUT2D eigenvalue weighted by molar-refractivity contribution is 5.71. The molecule has 15 heavy (non-hydrogen) atoms. The molecule has 1 atom stereocenters. The van der Waals surface area contributed by atoms with Crippen molar-refractivity contribution in [2.24, 2.45) is 0 Å². The van der Waals surface area contributed by atoms with Crippen LogP contribution in [0.3, 0.4) is 0 Å². The summed E-state index contributed by atoms with van der Waals surface area (Å²) in [5, 5.41) is 11.7. The minimum absolute atomic E-state index is 0.321. The van der Waals surface area contributed by atoms with Crippen molar-refractivity contribution in [1.29, 1.82) is 0 Å². The summed E-state index contributed by atoms with van der Waals surface area (Å²) in [5.74, 6) is -0.945. The van der Waals surface area contributed by atoms with Gasteiger partial charge in [-0.2, -0.15) is 0 Å². The minimum Gasteiger partial charge on any atom is -0.479 e. The topological polar surface area (TPSA) is 67.8 Å². The molecule has 0 spiro atoms. The summed E-state index contributed by atoms with van der Waals surface area (Å²) in [6.45, 7) is 6.82. The van der Waals surface area contributed by atoms with Gasteiger partial charge in [-0.3, -0.25) is 0 Å². The lowest BCUT2D eigenvalue weighted by Crippen LogP contribution is -2.24. The molecule has 2 N–H and O–H groups in total. The summed E-state index contributed by atoms with van der Waals surface area (Å²) < 4.78 is 10.2. The smallest absolute Gasteiger partial charge is 0.332 e. The molecule has 0 rings (SSSR count). The Morgan fingerprint density at radius 1 is 1.33 bits per heavy atom. The lowest BCUT2D eigenvalue weighted by Gasteiger charge is -2.08. The molecule has 0 aromatic heterocycles. The minimum atomic E-state index is -0.945. The number of ether oxygens (including phenoxy) is 2. The van der Waals surface area contributed by atoms with E-state index in [1.165, 1.54) is 6.92 Å². The van der Waals surface area contributed by atoms with E-state index in [-0.39, 0.29) is 0 Å². The summed E-state index contributed by atoms with van der Waals surface area (Å²) in [6, 6.07) is 0. The van der Waals surface area contributed by atoms with Crippen molar-refractivity contribution >= 4 is 5.97 Å². The Labute approximate surface area is 90.8 Å². The molecule has 1 unspecified atom stereocenters. The van der Waals surface area contributed by atoms with Gasteiger partial charge in [0.2, 0.25) is 0 Å². The maximum atomic E-state index is 10.4. The number of aliphatic carboxylic acids is 1. The first-order chi connectivity index (χ1) is 7.18. The normalized spacial score (nSPS) is 12.7. The van der Waals surface area contributed by atoms with Crippen LogP contribution in [0.15, 0.2) is 0 Å². The van der Waals surface area contributed by atoms with Crippen molar-refractivity contribution in [3.8, 4) is 0 Å². The average Bonchev–Trinajstić information content (AvgIpc) is 2.21. The Morgan fingerprint density at radius 2 is 2.07 bits per heavy atom. The predicted octanol–water partition coefficient (Wildman–Crippen LogP) is 0.492. The fraction of sp³-hybridized carbons (Fsp3) is 0.900. The van der Waals surface area contributed by atoms with Gasteiger partial charge < -0.3 is 19.9 Å². The molecule has 0 aliphatic heterocycles. The van der Waals surface area contributed by atoms with Gasteiger partial charge in [-0.1, -0.05) is 6.92 Å². The van der Waals surface area contributed by atoms with E-state index in [0.29, 0.717) is 19.8 Å². The van der Waals surface area contributed by atoms with Gasteiger partial charge in [0, 0.05) is 6.54 Å². The highest BCUT2D eigenvalue weighted by Crippen LogP contribution is 1.89. The molecule has 0 aliphatic rings. The molecule has 0 heterocycles. The molecule has 0 aliphatic carbocycles. The third-order valence-electron chi connectivity index (χ3n) is 1.79. The molecule has 0 saturated heterocycles. The van der Waals surface area contributed by atoms with Crippen molar-refractivity contribution < 1.29 is 19.4 Å². The van der Waals surface area contributed by atoms with E-state index >= 15 is 0 Å². The van der Waals surface area contributed by atoms with Crippen molar-refractivity contribution in [3.63, 3.8) is 0 Å². The van der Waals surface area contributed by atoms with E-state index in [9.17, 15) is 4.79 Å². The van der Waals surface area contributed by atoms with Crippen molar-refractivity contribution in [2.45, 2.75) is 26.4 Å². The predicted molar refractivity (Wildman–Crippen MR) is 57.0 cm³/mol. The molecule has 0 bridgehead atoms. The summed E-state index contributed by atoms with van der Waals surface area (Å²) in [6.07, 6.45) is 0.353. The molecule has 0 saturated carbocycles. The summed E-state index contributed by atoms with van der Waals surface area (Å²) in [4.78, 5) is 10.4. The molecule has 90 valence electrons. The van der Waals surface area contributed by atoms with Gasteiger partial charge in [0.15, 0.2) is 6.10 Å². The number of carbonyl (C=O) groups is 1. The Morgan fingerprint density at radius 3 is 2.67 bits per heavy atom. The Kier molecular flexibility index (Phi) is 9.46. The van der Waals surface area contributed by atoms with Gasteiger partial charge >= 0.3 is 5.97 Å². The van der Waals surface area contributed by atoms with Crippen LogP contribution < -0.4 is 5.32 Å². The molecular weight excluding hydrogens is 198 g/mol. The Balaban J connectivity index is 3.08. The van der Waals surface area contributed by atoms with E-state index < -0.39 is 12.1 Å². The standard InChI is InChI=1S/C10H21NO4/c1-3-4-11-5-6-14-7-8-15-9(2)10(12)13/h9,11H,3-8H2,1-2H3,(H,12,13). The van der Waals surface area contributed by atoms with Crippen LogP contribution >= 0.6 is 0 Å². The molecule has 0 fully saturated rings. The quantitative estimate of drug-likeness (QED) is 0.523. The number of rotatable bonds is 10. The van der Waals surface area contributed by atoms with Gasteiger partial charge in [0.05, 0.1) is 19.8 Å². The Bertz CT molecular complexity index is 164. The first-order valence-corrected chi connectivity index (χ1v) is 5.31. The van der Waals surface area contributed by atoms with E-state index in [0.717, 1.165) is 19.5 Å². The van der Waals surface area contributed by atoms with Crippen LogP contribution in [0.4, 0.5) is 0 Å². The zero-order chi connectivity index (χ0) is 11.5. The van der Waals surface area contributed by atoms with Crippen LogP contribution in [0.25, 0.3) is 0 Å². The van der Waals surface area contributed by atoms with Crippen LogP contribution in [0, 0.1) is 0 Å². The maximum absolute atomic E-state index is 10.4. The van der Waals surface area contributed by atoms with Gasteiger partial charge in [-0.25, -0.2) is 4.79 Å². The van der Waals surface area contributed by atoms with Crippen LogP contribution in [0.5, 0.6) is 0 Å². The maximum Gasteiger partial charge on any atom is 0.332 e. The highest BCUT2D eigenvalue weighted by atomic mass is 16.5. The van der Waals surface area contributed by atoms with Crippen LogP contribution in [0.2, 0.25) is 0 Å². The molecule has 0 aromatic carbocycles. The number of carboxylic acids is 1. The molecule has 5 nitrogen and oxygen atoms in total. The highest BCUT2D eigenvalue weighted by Gasteiger charge is 2.09. The zero-order valence-corrected chi connectivity index (χ0v) is 9.49. The number of hydrogen-bond donors (Lipinski definition) is 2. The fourth-order valence-corrected chi connectivity index (χ4v) is 0.903. The molecule has 0 amide bonds. The summed E-state index contributed by atoms with van der Waals surface area (Å²) in [7, 11) is 0. The van der Waals surface area contributed by atoms with Crippen LogP contribution in [-0.4, -0.2) is 50.1 Å². The molecule has 5 heteroatoms. The number of carboxylic acid groups (broad SMARTS) is 1. The van der Waals surface area contributed by atoms with E-state index in [1.807, 2.05) is 0 Å². The van der Waals surface area contributed by atoms with Crippen molar-refractivity contribution in [1.82, 2.24) is 5.32 Å². The molecule has 0 radical (unpaired) electrons.